The molecule has 0 aromatic rings. The van der Waals surface area contributed by atoms with Crippen LogP contribution in [-0.2, 0) is 9.53 Å². The Balaban J connectivity index is 4.17. The second-order valence-electron chi connectivity index (χ2n) is 4.31. The van der Waals surface area contributed by atoms with Crippen LogP contribution in [0.1, 0.15) is 20.8 Å². The predicted molar refractivity (Wildman–Crippen MR) is 54.5 cm³/mol. The lowest BCUT2D eigenvalue weighted by atomic mass is 10.2. The summed E-state index contributed by atoms with van der Waals surface area (Å²) in [5, 5.41) is 8.54. The van der Waals surface area contributed by atoms with Crippen molar-refractivity contribution in [2.45, 2.75) is 32.4 Å². The molecule has 0 saturated carbocycles. The van der Waals surface area contributed by atoms with Gasteiger partial charge in [-0.05, 0) is 20.8 Å². The Morgan fingerprint density at radius 1 is 1.47 bits per heavy atom. The monoisotopic (exact) mass is 218 g/mol. The van der Waals surface area contributed by atoms with Gasteiger partial charge >= 0.3 is 12.1 Å². The van der Waals surface area contributed by atoms with E-state index in [0.717, 1.165) is 4.90 Å². The van der Waals surface area contributed by atoms with Crippen molar-refractivity contribution >= 4 is 12.1 Å². The Morgan fingerprint density at radius 2 is 1.93 bits per heavy atom. The van der Waals surface area contributed by atoms with Crippen LogP contribution in [0, 0.1) is 0 Å². The lowest BCUT2D eigenvalue weighted by Crippen LogP contribution is -2.44. The van der Waals surface area contributed by atoms with E-state index in [-0.39, 0.29) is 6.54 Å². The quantitative estimate of drug-likeness (QED) is 0.709. The van der Waals surface area contributed by atoms with Gasteiger partial charge in [0, 0.05) is 13.6 Å². The van der Waals surface area contributed by atoms with Crippen LogP contribution < -0.4 is 5.73 Å². The van der Waals surface area contributed by atoms with Crippen molar-refractivity contribution in [3.63, 3.8) is 0 Å². The van der Waals surface area contributed by atoms with Crippen molar-refractivity contribution in [3.8, 4) is 0 Å². The summed E-state index contributed by atoms with van der Waals surface area (Å²) in [5.74, 6) is -1.15. The number of likely N-dealkylation sites (N-methyl/N-ethyl adjacent to an activating group) is 1. The maximum Gasteiger partial charge on any atom is 0.410 e. The molecular formula is C9H18N2O4. The average molecular weight is 218 g/mol. The molecule has 15 heavy (non-hydrogen) atoms. The Labute approximate surface area is 89.0 Å². The normalized spacial score (nSPS) is 13.1. The summed E-state index contributed by atoms with van der Waals surface area (Å²) < 4.78 is 5.02. The number of rotatable bonds is 3. The van der Waals surface area contributed by atoms with E-state index in [9.17, 15) is 9.59 Å². The highest BCUT2D eigenvalue weighted by molar-refractivity contribution is 5.75. The molecule has 1 amide bonds. The first-order valence-electron chi connectivity index (χ1n) is 4.56. The van der Waals surface area contributed by atoms with Crippen LogP contribution in [0.15, 0.2) is 0 Å². The molecule has 0 bridgehead atoms. The minimum absolute atomic E-state index is 0.0791. The molecule has 0 aromatic heterocycles. The highest BCUT2D eigenvalue weighted by Gasteiger charge is 2.22. The van der Waals surface area contributed by atoms with Gasteiger partial charge in [-0.2, -0.15) is 0 Å². The summed E-state index contributed by atoms with van der Waals surface area (Å²) in [4.78, 5) is 23.0. The molecule has 0 heterocycles. The fraction of sp³-hybridized carbons (Fsp3) is 0.778. The van der Waals surface area contributed by atoms with Crippen LogP contribution in [0.2, 0.25) is 0 Å². The van der Waals surface area contributed by atoms with Crippen LogP contribution in [0.25, 0.3) is 0 Å². The first kappa shape index (κ1) is 13.7. The molecule has 6 heteroatoms. The van der Waals surface area contributed by atoms with Crippen molar-refractivity contribution in [2.75, 3.05) is 13.6 Å². The van der Waals surface area contributed by atoms with Crippen LogP contribution in [-0.4, -0.2) is 47.3 Å². The molecule has 1 atom stereocenters. The fourth-order valence-corrected chi connectivity index (χ4v) is 0.788. The minimum atomic E-state index is -1.15. The second-order valence-corrected chi connectivity index (χ2v) is 4.31. The molecule has 0 aliphatic heterocycles. The van der Waals surface area contributed by atoms with Crippen molar-refractivity contribution in [3.05, 3.63) is 0 Å². The molecule has 0 aromatic carbocycles. The number of hydrogen-bond acceptors (Lipinski definition) is 4. The van der Waals surface area contributed by atoms with E-state index in [1.807, 2.05) is 0 Å². The molecule has 0 radical (unpaired) electrons. The van der Waals surface area contributed by atoms with Gasteiger partial charge < -0.3 is 20.5 Å². The average Bonchev–Trinajstić information content (AvgIpc) is 2.00. The number of hydrogen-bond donors (Lipinski definition) is 2. The summed E-state index contributed by atoms with van der Waals surface area (Å²) in [6.07, 6.45) is -0.584. The highest BCUT2D eigenvalue weighted by Crippen LogP contribution is 2.08. The van der Waals surface area contributed by atoms with Crippen molar-refractivity contribution in [2.24, 2.45) is 5.73 Å². The van der Waals surface area contributed by atoms with E-state index in [1.165, 1.54) is 7.05 Å². The molecule has 3 N–H and O–H groups in total. The van der Waals surface area contributed by atoms with E-state index < -0.39 is 23.7 Å². The SMILES string of the molecule is CN(C[C@@H](N)C(=O)O)C(=O)OC(C)(C)C. The standard InChI is InChI=1S/C9H18N2O4/c1-9(2,3)15-8(14)11(4)5-6(10)7(12)13/h6H,5,10H2,1-4H3,(H,12,13)/t6-/m1/s1. The van der Waals surface area contributed by atoms with Crippen molar-refractivity contribution in [1.82, 2.24) is 4.90 Å². The number of carboxylic acid groups (broad SMARTS) is 1. The van der Waals surface area contributed by atoms with Gasteiger partial charge in [0.25, 0.3) is 0 Å². The lowest BCUT2D eigenvalue weighted by molar-refractivity contribution is -0.138. The van der Waals surface area contributed by atoms with Crippen LogP contribution in [0.5, 0.6) is 0 Å². The number of ether oxygens (including phenoxy) is 1. The van der Waals surface area contributed by atoms with Gasteiger partial charge in [0.2, 0.25) is 0 Å². The summed E-state index contributed by atoms with van der Waals surface area (Å²) in [5.41, 5.74) is 4.67. The molecule has 0 unspecified atom stereocenters. The number of aliphatic carboxylic acids is 1. The van der Waals surface area contributed by atoms with Gasteiger partial charge in [-0.3, -0.25) is 4.79 Å². The molecule has 0 fully saturated rings. The maximum atomic E-state index is 11.4. The molecule has 88 valence electrons. The third-order valence-corrected chi connectivity index (χ3v) is 1.49. The molecule has 0 saturated heterocycles. The van der Waals surface area contributed by atoms with Gasteiger partial charge in [-0.1, -0.05) is 0 Å². The van der Waals surface area contributed by atoms with Crippen LogP contribution in [0.4, 0.5) is 4.79 Å². The van der Waals surface area contributed by atoms with Gasteiger partial charge in [0.15, 0.2) is 0 Å². The molecule has 0 rings (SSSR count). The first-order valence-corrected chi connectivity index (χ1v) is 4.56. The Bertz CT molecular complexity index is 247. The summed E-state index contributed by atoms with van der Waals surface area (Å²) in [6.45, 7) is 5.12. The molecule has 0 aliphatic carbocycles. The number of carbonyl (C=O) groups is 2. The molecule has 0 spiro atoms. The van der Waals surface area contributed by atoms with Gasteiger partial charge in [-0.15, -0.1) is 0 Å². The van der Waals surface area contributed by atoms with Crippen molar-refractivity contribution in [1.29, 1.82) is 0 Å². The maximum absolute atomic E-state index is 11.4. The van der Waals surface area contributed by atoms with Gasteiger partial charge in [0.1, 0.15) is 11.6 Å². The van der Waals surface area contributed by atoms with Crippen LogP contribution >= 0.6 is 0 Å². The largest absolute Gasteiger partial charge is 0.480 e. The van der Waals surface area contributed by atoms with E-state index >= 15 is 0 Å². The Hall–Kier alpha value is -1.30. The third-order valence-electron chi connectivity index (χ3n) is 1.49. The lowest BCUT2D eigenvalue weighted by Gasteiger charge is -2.25. The molecule has 0 aliphatic rings. The van der Waals surface area contributed by atoms with Crippen LogP contribution in [0.3, 0.4) is 0 Å². The molecular weight excluding hydrogens is 200 g/mol. The number of carboxylic acids is 1. The number of nitrogens with two attached hydrogens (primary N) is 1. The zero-order chi connectivity index (χ0) is 12.2. The summed E-state index contributed by atoms with van der Waals surface area (Å²) in [7, 11) is 1.44. The Morgan fingerprint density at radius 3 is 2.27 bits per heavy atom. The number of nitrogens with zero attached hydrogens (tertiary/aromatic N) is 1. The zero-order valence-corrected chi connectivity index (χ0v) is 9.48. The van der Waals surface area contributed by atoms with Gasteiger partial charge in [0.05, 0.1) is 0 Å². The topological polar surface area (TPSA) is 92.9 Å². The summed E-state index contributed by atoms with van der Waals surface area (Å²) in [6, 6.07) is -1.09. The fourth-order valence-electron chi connectivity index (χ4n) is 0.788. The minimum Gasteiger partial charge on any atom is -0.480 e. The molecule has 6 nitrogen and oxygen atoms in total. The second kappa shape index (κ2) is 4.97. The van der Waals surface area contributed by atoms with Gasteiger partial charge in [-0.25, -0.2) is 4.79 Å². The van der Waals surface area contributed by atoms with E-state index in [4.69, 9.17) is 15.6 Å². The summed E-state index contributed by atoms with van der Waals surface area (Å²) >= 11 is 0. The highest BCUT2D eigenvalue weighted by atomic mass is 16.6. The van der Waals surface area contributed by atoms with E-state index in [2.05, 4.69) is 0 Å². The predicted octanol–water partition coefficient (Wildman–Crippen LogP) is 0.265. The number of amides is 1. The van der Waals surface area contributed by atoms with E-state index in [0.29, 0.717) is 0 Å². The third kappa shape index (κ3) is 5.90. The van der Waals surface area contributed by atoms with Crippen molar-refractivity contribution < 1.29 is 19.4 Å². The van der Waals surface area contributed by atoms with E-state index in [1.54, 1.807) is 20.8 Å². The number of carbonyl (C=O) groups excluding carboxylic acids is 1. The Kier molecular flexibility index (Phi) is 4.54. The zero-order valence-electron chi connectivity index (χ0n) is 9.48. The smallest absolute Gasteiger partial charge is 0.410 e. The first-order chi connectivity index (χ1) is 6.63.